The Hall–Kier alpha value is -18.6. The van der Waals surface area contributed by atoms with Crippen molar-refractivity contribution >= 4 is 152 Å². The Bertz CT molecular complexity index is 9520. The minimum Gasteiger partial charge on any atom is -0.309 e. The van der Waals surface area contributed by atoms with E-state index < -0.39 is 0 Å². The Balaban J connectivity index is 0.000000106. The standard InChI is InChI=1S/C48H32N2.C44H28N2.C42H28N2/c1-3-11-33(12-4-1)35-19-25-39(26-20-35)49-45-17-9-7-15-41(45)43-31-37(23-29-47(43)49)38-24-30-48-44(32-38)42-16-8-10-18-46(42)50(48)40-27-21-36(22-28-40)34-13-5-2-6-14-34;1-3-15-33-29(11-1)13-9-21-39(33)45-41-19-7-5-17-35(41)37-27-31(23-25-43(37)45)32-24-26-44-38(28-32)36-18-6-8-20-42(36)46(44)40-22-10-14-30-12-2-4-16-34(30)40;1-3-12-29(13-4-1)30-14-11-17-34(26-30)44-40-21-10-8-19-36(40)38-28-32(23-25-42(38)44)31-22-24-41-37(27-31)35-18-7-9-20-39(35)43(41)33-15-5-2-6-16-33/h1-32H;1-28H;1-28H. The summed E-state index contributed by atoms with van der Waals surface area (Å²) in [7, 11) is 0. The molecule has 6 heteroatoms. The molecule has 0 amide bonds. The summed E-state index contributed by atoms with van der Waals surface area (Å²) in [5, 5.41) is 20.1. The van der Waals surface area contributed by atoms with Crippen LogP contribution in [-0.2, 0) is 0 Å². The molecule has 140 heavy (non-hydrogen) atoms. The van der Waals surface area contributed by atoms with Crippen molar-refractivity contribution in [3.05, 3.63) is 534 Å². The minimum atomic E-state index is 1.16. The van der Waals surface area contributed by atoms with Gasteiger partial charge in [-0.2, -0.15) is 0 Å². The van der Waals surface area contributed by atoms with E-state index in [9.17, 15) is 0 Å². The maximum atomic E-state index is 2.43. The van der Waals surface area contributed by atoms with Crippen LogP contribution in [0, 0.1) is 0 Å². The summed E-state index contributed by atoms with van der Waals surface area (Å²) in [6.45, 7) is 0. The highest BCUT2D eigenvalue weighted by Gasteiger charge is 2.24. The molecule has 0 atom stereocenters. The van der Waals surface area contributed by atoms with Crippen LogP contribution in [-0.4, -0.2) is 27.4 Å². The summed E-state index contributed by atoms with van der Waals surface area (Å²) >= 11 is 0. The van der Waals surface area contributed by atoms with Crippen molar-refractivity contribution in [3.8, 4) is 101 Å². The van der Waals surface area contributed by atoms with Crippen molar-refractivity contribution in [3.63, 3.8) is 0 Å². The van der Waals surface area contributed by atoms with Gasteiger partial charge < -0.3 is 27.4 Å². The number of para-hydroxylation sites is 7. The van der Waals surface area contributed by atoms with Gasteiger partial charge in [0, 0.05) is 98.2 Å². The average molecular weight is 1780 g/mol. The largest absolute Gasteiger partial charge is 0.309 e. The molecule has 0 aliphatic carbocycles. The molecule has 23 aromatic carbocycles. The van der Waals surface area contributed by atoms with Crippen LogP contribution in [0.5, 0.6) is 0 Å². The van der Waals surface area contributed by atoms with Gasteiger partial charge in [0.25, 0.3) is 0 Å². The second-order valence-corrected chi connectivity index (χ2v) is 36.6. The summed E-state index contributed by atoms with van der Waals surface area (Å²) in [4.78, 5) is 0. The van der Waals surface area contributed by atoms with Crippen LogP contribution in [0.2, 0.25) is 0 Å². The number of benzene rings is 23. The summed E-state index contributed by atoms with van der Waals surface area (Å²) in [6, 6.07) is 194. The fraction of sp³-hybridized carbons (Fsp3) is 0. The number of hydrogen-bond acceptors (Lipinski definition) is 0. The molecule has 0 N–H and O–H groups in total. The molecule has 6 nitrogen and oxygen atoms in total. The molecule has 0 saturated carbocycles. The number of fused-ring (bicyclic) bond motifs is 20. The quantitative estimate of drug-likeness (QED) is 0.117. The Kier molecular flexibility index (Phi) is 19.5. The van der Waals surface area contributed by atoms with Gasteiger partial charge in [0.05, 0.1) is 77.6 Å². The Morgan fingerprint density at radius 1 is 0.0929 bits per heavy atom. The van der Waals surface area contributed by atoms with Crippen molar-refractivity contribution in [1.82, 2.24) is 27.4 Å². The lowest BCUT2D eigenvalue weighted by Gasteiger charge is -2.12. The Morgan fingerprint density at radius 2 is 0.279 bits per heavy atom. The van der Waals surface area contributed by atoms with Crippen LogP contribution >= 0.6 is 0 Å². The molecular formula is C134H88N6. The van der Waals surface area contributed by atoms with Crippen LogP contribution < -0.4 is 0 Å². The molecule has 0 aliphatic rings. The second kappa shape index (κ2) is 33.8. The van der Waals surface area contributed by atoms with Gasteiger partial charge in [0.15, 0.2) is 0 Å². The van der Waals surface area contributed by atoms with Crippen LogP contribution in [0.3, 0.4) is 0 Å². The number of aromatic nitrogens is 6. The van der Waals surface area contributed by atoms with E-state index in [1.54, 1.807) is 0 Å². The van der Waals surface area contributed by atoms with Gasteiger partial charge >= 0.3 is 0 Å². The molecule has 0 saturated heterocycles. The summed E-state index contributed by atoms with van der Waals surface area (Å²) in [5.41, 5.74) is 36.3. The Morgan fingerprint density at radius 3 is 0.593 bits per heavy atom. The smallest absolute Gasteiger partial charge is 0.0541 e. The number of nitrogens with zero attached hydrogens (tertiary/aromatic N) is 6. The van der Waals surface area contributed by atoms with Crippen molar-refractivity contribution in [1.29, 1.82) is 0 Å². The van der Waals surface area contributed by atoms with E-state index >= 15 is 0 Å². The third kappa shape index (κ3) is 13.7. The summed E-state index contributed by atoms with van der Waals surface area (Å²) < 4.78 is 14.4. The first-order valence-corrected chi connectivity index (χ1v) is 48.2. The van der Waals surface area contributed by atoms with Gasteiger partial charge in [-0.25, -0.2) is 0 Å². The third-order valence-corrected chi connectivity index (χ3v) is 28.7. The van der Waals surface area contributed by atoms with E-state index in [2.05, 4.69) is 561 Å². The van der Waals surface area contributed by atoms with Crippen LogP contribution in [0.15, 0.2) is 534 Å². The zero-order valence-electron chi connectivity index (χ0n) is 76.5. The van der Waals surface area contributed by atoms with Gasteiger partial charge in [0.2, 0.25) is 0 Å². The lowest BCUT2D eigenvalue weighted by molar-refractivity contribution is 1.18. The molecule has 0 aliphatic heterocycles. The summed E-state index contributed by atoms with van der Waals surface area (Å²) in [6.07, 6.45) is 0. The van der Waals surface area contributed by atoms with Gasteiger partial charge in [-0.3, -0.25) is 0 Å². The van der Waals surface area contributed by atoms with Gasteiger partial charge in [-0.15, -0.1) is 0 Å². The maximum Gasteiger partial charge on any atom is 0.0541 e. The van der Waals surface area contributed by atoms with E-state index in [1.165, 1.54) is 242 Å². The lowest BCUT2D eigenvalue weighted by atomic mass is 10.0. The van der Waals surface area contributed by atoms with Crippen LogP contribution in [0.25, 0.3) is 253 Å². The fourth-order valence-corrected chi connectivity index (χ4v) is 22.3. The highest BCUT2D eigenvalue weighted by molar-refractivity contribution is 6.18. The fourth-order valence-electron chi connectivity index (χ4n) is 22.3. The van der Waals surface area contributed by atoms with E-state index in [0.29, 0.717) is 0 Å². The molecule has 0 unspecified atom stereocenters. The van der Waals surface area contributed by atoms with E-state index in [1.807, 2.05) is 0 Å². The third-order valence-electron chi connectivity index (χ3n) is 28.7. The topological polar surface area (TPSA) is 29.6 Å². The number of hydrogen-bond donors (Lipinski definition) is 0. The zero-order chi connectivity index (χ0) is 92.2. The van der Waals surface area contributed by atoms with Crippen molar-refractivity contribution in [2.75, 3.05) is 0 Å². The van der Waals surface area contributed by atoms with Crippen molar-refractivity contribution in [2.45, 2.75) is 0 Å². The van der Waals surface area contributed by atoms with E-state index in [0.717, 1.165) is 11.4 Å². The monoisotopic (exact) mass is 1780 g/mol. The summed E-state index contributed by atoms with van der Waals surface area (Å²) in [5.74, 6) is 0. The SMILES string of the molecule is c1ccc(-c2ccc(-n3c4ccccc4c4cc(-c5ccc6c(c5)c5ccccc5n6-c5ccc(-c6ccccc6)cc5)ccc43)cc2)cc1.c1ccc(-c2cccc(-n3c4ccccc4c4cc(-c5ccc6c(c5)c5ccccc5n6-c5ccccc5)ccc43)c2)cc1.c1ccc2c(-n3c4ccccc4c4cc(-c5ccc6c(c5)c5ccccc5n6-c5cccc6ccccc56)ccc43)cccc2c1. The van der Waals surface area contributed by atoms with Gasteiger partial charge in [-0.05, 0) is 247 Å². The first-order chi connectivity index (χ1) is 69.5. The molecular weight excluding hydrogens is 1690 g/mol. The van der Waals surface area contributed by atoms with Gasteiger partial charge in [-0.1, -0.05) is 364 Å². The highest BCUT2D eigenvalue weighted by atomic mass is 15.0. The van der Waals surface area contributed by atoms with Gasteiger partial charge in [0.1, 0.15) is 0 Å². The number of rotatable bonds is 12. The van der Waals surface area contributed by atoms with Crippen LogP contribution in [0.1, 0.15) is 0 Å². The van der Waals surface area contributed by atoms with Crippen molar-refractivity contribution in [2.24, 2.45) is 0 Å². The highest BCUT2D eigenvalue weighted by Crippen LogP contribution is 2.46. The molecule has 29 rings (SSSR count). The first-order valence-electron chi connectivity index (χ1n) is 48.2. The normalized spacial score (nSPS) is 11.7. The van der Waals surface area contributed by atoms with Crippen molar-refractivity contribution < 1.29 is 0 Å². The maximum absolute atomic E-state index is 2.43. The van der Waals surface area contributed by atoms with Crippen LogP contribution in [0.4, 0.5) is 0 Å². The first kappa shape index (κ1) is 81.0. The second-order valence-electron chi connectivity index (χ2n) is 36.6. The molecule has 0 spiro atoms. The molecule has 0 radical (unpaired) electrons. The average Bonchev–Trinajstić information content (AvgIpc) is 1.38. The molecule has 29 aromatic rings. The van der Waals surface area contributed by atoms with E-state index in [4.69, 9.17) is 0 Å². The lowest BCUT2D eigenvalue weighted by Crippen LogP contribution is -1.95. The zero-order valence-corrected chi connectivity index (χ0v) is 76.5. The Labute approximate surface area is 808 Å². The predicted molar refractivity (Wildman–Crippen MR) is 593 cm³/mol. The molecule has 0 bridgehead atoms. The molecule has 0 fully saturated rings. The van der Waals surface area contributed by atoms with E-state index in [-0.39, 0.29) is 0 Å². The minimum absolute atomic E-state index is 1.16. The molecule has 6 heterocycles. The predicted octanol–water partition coefficient (Wildman–Crippen LogP) is 36.0. The molecule has 6 aromatic heterocycles. The molecule has 654 valence electrons.